The Hall–Kier alpha value is -0.910. The van der Waals surface area contributed by atoms with Crippen molar-refractivity contribution < 1.29 is 14.7 Å². The number of aliphatic hydroxyl groups excluding tert-OH is 2. The molecule has 5 nitrogen and oxygen atoms in total. The first-order chi connectivity index (χ1) is 9.76. The largest absolute Gasteiger partial charge is 0.392 e. The minimum atomic E-state index is -0.179. The van der Waals surface area contributed by atoms with Gasteiger partial charge in [-0.3, -0.25) is 4.90 Å². The Morgan fingerprint density at radius 2 is 2.05 bits per heavy atom. The number of aromatic nitrogens is 1. The summed E-state index contributed by atoms with van der Waals surface area (Å²) in [6.07, 6.45) is 6.05. The summed E-state index contributed by atoms with van der Waals surface area (Å²) in [5.74, 6) is 1.41. The van der Waals surface area contributed by atoms with E-state index in [2.05, 4.69) is 10.1 Å². The molecular weight excluding hydrogens is 256 g/mol. The molecule has 20 heavy (non-hydrogen) atoms. The Kier molecular flexibility index (Phi) is 4.38. The fourth-order valence-electron chi connectivity index (χ4n) is 3.43. The average Bonchev–Trinajstić information content (AvgIpc) is 2.91. The maximum atomic E-state index is 10.3. The van der Waals surface area contributed by atoms with Gasteiger partial charge in [0.1, 0.15) is 6.61 Å². The molecule has 1 unspecified atom stereocenters. The fourth-order valence-corrected chi connectivity index (χ4v) is 3.43. The summed E-state index contributed by atoms with van der Waals surface area (Å²) in [6.45, 7) is 2.55. The molecule has 2 heterocycles. The van der Waals surface area contributed by atoms with Gasteiger partial charge in [-0.15, -0.1) is 0 Å². The zero-order valence-corrected chi connectivity index (χ0v) is 11.9. The summed E-state index contributed by atoms with van der Waals surface area (Å²) in [5.41, 5.74) is 0.928. The predicted octanol–water partition coefficient (Wildman–Crippen LogP) is 1.51. The Labute approximate surface area is 119 Å². The van der Waals surface area contributed by atoms with Crippen molar-refractivity contribution in [1.82, 2.24) is 10.1 Å². The van der Waals surface area contributed by atoms with Crippen LogP contribution in [0.25, 0.3) is 0 Å². The first-order valence-corrected chi connectivity index (χ1v) is 7.73. The van der Waals surface area contributed by atoms with Crippen LogP contribution >= 0.6 is 0 Å². The van der Waals surface area contributed by atoms with E-state index in [-0.39, 0.29) is 12.7 Å². The van der Waals surface area contributed by atoms with Crippen molar-refractivity contribution in [2.24, 2.45) is 5.92 Å². The van der Waals surface area contributed by atoms with E-state index in [4.69, 9.17) is 9.63 Å². The van der Waals surface area contributed by atoms with Gasteiger partial charge < -0.3 is 14.7 Å². The van der Waals surface area contributed by atoms with Crippen LogP contribution in [0.15, 0.2) is 10.6 Å². The second kappa shape index (κ2) is 6.24. The van der Waals surface area contributed by atoms with Crippen LogP contribution in [0.2, 0.25) is 0 Å². The number of nitrogens with zero attached hydrogens (tertiary/aromatic N) is 2. The molecule has 112 valence electrons. The highest BCUT2D eigenvalue weighted by Crippen LogP contribution is 2.30. The number of β-amino-alcohol motifs (C(OH)–C–C–N with tert-alkyl or cyclic N) is 1. The summed E-state index contributed by atoms with van der Waals surface area (Å²) in [5, 5.41) is 23.2. The van der Waals surface area contributed by atoms with E-state index in [0.29, 0.717) is 17.6 Å². The van der Waals surface area contributed by atoms with Crippen molar-refractivity contribution in [3.8, 4) is 0 Å². The van der Waals surface area contributed by atoms with E-state index in [1.54, 1.807) is 0 Å². The molecule has 0 aromatic carbocycles. The third-order valence-electron chi connectivity index (χ3n) is 4.75. The highest BCUT2D eigenvalue weighted by molar-refractivity contribution is 5.14. The normalized spacial score (nSPS) is 23.7. The Morgan fingerprint density at radius 1 is 1.30 bits per heavy atom. The number of hydrogen-bond acceptors (Lipinski definition) is 5. The molecule has 1 saturated carbocycles. The molecular formula is C15H24N2O3. The van der Waals surface area contributed by atoms with Gasteiger partial charge in [0.05, 0.1) is 11.8 Å². The van der Waals surface area contributed by atoms with E-state index >= 15 is 0 Å². The first kappa shape index (κ1) is 14.0. The maximum absolute atomic E-state index is 10.3. The van der Waals surface area contributed by atoms with Crippen LogP contribution in [0.4, 0.5) is 0 Å². The van der Waals surface area contributed by atoms with Gasteiger partial charge in [0.25, 0.3) is 0 Å². The summed E-state index contributed by atoms with van der Waals surface area (Å²) < 4.78 is 5.01. The first-order valence-electron chi connectivity index (χ1n) is 7.73. The zero-order valence-electron chi connectivity index (χ0n) is 11.9. The molecule has 0 bridgehead atoms. The van der Waals surface area contributed by atoms with E-state index in [1.807, 2.05) is 6.07 Å². The number of rotatable bonds is 5. The van der Waals surface area contributed by atoms with E-state index in [0.717, 1.165) is 25.3 Å². The summed E-state index contributed by atoms with van der Waals surface area (Å²) in [4.78, 5) is 2.29. The molecule has 0 amide bonds. The van der Waals surface area contributed by atoms with Gasteiger partial charge in [0, 0.05) is 31.6 Å². The van der Waals surface area contributed by atoms with E-state index in [1.165, 1.54) is 32.1 Å². The summed E-state index contributed by atoms with van der Waals surface area (Å²) >= 11 is 0. The van der Waals surface area contributed by atoms with Crippen LogP contribution in [0.5, 0.6) is 0 Å². The van der Waals surface area contributed by atoms with Crippen LogP contribution in [0, 0.1) is 5.92 Å². The highest BCUT2D eigenvalue weighted by atomic mass is 16.5. The molecule has 2 N–H and O–H groups in total. The molecule has 2 fully saturated rings. The molecule has 3 rings (SSSR count). The topological polar surface area (TPSA) is 69.7 Å². The quantitative estimate of drug-likeness (QED) is 0.855. The lowest BCUT2D eigenvalue weighted by molar-refractivity contribution is 0.0194. The molecule has 1 aromatic rings. The molecule has 2 aliphatic rings. The van der Waals surface area contributed by atoms with Crippen LogP contribution in [0.1, 0.15) is 49.5 Å². The second-order valence-electron chi connectivity index (χ2n) is 6.26. The zero-order chi connectivity index (χ0) is 13.9. The van der Waals surface area contributed by atoms with Crippen molar-refractivity contribution >= 4 is 0 Å². The monoisotopic (exact) mass is 280 g/mol. The third kappa shape index (κ3) is 3.05. The van der Waals surface area contributed by atoms with Crippen LogP contribution in [-0.4, -0.2) is 46.0 Å². The highest BCUT2D eigenvalue weighted by Gasteiger charge is 2.33. The number of likely N-dealkylation sites (tertiary alicyclic amines) is 1. The lowest BCUT2D eigenvalue weighted by atomic mass is 9.84. The van der Waals surface area contributed by atoms with Gasteiger partial charge >= 0.3 is 0 Å². The van der Waals surface area contributed by atoms with Gasteiger partial charge in [-0.1, -0.05) is 24.4 Å². The standard InChI is InChI=1S/C15H24N2O3/c18-10-13-6-14(16-20-13)12-7-17(8-12)9-15(19)11-4-2-1-3-5-11/h6,11-12,15,18-19H,1-5,7-10H2. The Balaban J connectivity index is 1.43. The van der Waals surface area contributed by atoms with Gasteiger partial charge in [-0.2, -0.15) is 0 Å². The molecule has 1 atom stereocenters. The third-order valence-corrected chi connectivity index (χ3v) is 4.75. The van der Waals surface area contributed by atoms with E-state index in [9.17, 15) is 5.11 Å². The average molecular weight is 280 g/mol. The molecule has 1 saturated heterocycles. The minimum absolute atomic E-state index is 0.0934. The molecule has 5 heteroatoms. The van der Waals surface area contributed by atoms with Crippen molar-refractivity contribution in [2.75, 3.05) is 19.6 Å². The molecule has 0 spiro atoms. The van der Waals surface area contributed by atoms with Crippen molar-refractivity contribution in [3.63, 3.8) is 0 Å². The van der Waals surface area contributed by atoms with Gasteiger partial charge in [-0.05, 0) is 18.8 Å². The van der Waals surface area contributed by atoms with Crippen LogP contribution < -0.4 is 0 Å². The number of aliphatic hydroxyl groups is 2. The molecule has 1 aromatic heterocycles. The minimum Gasteiger partial charge on any atom is -0.392 e. The van der Waals surface area contributed by atoms with Gasteiger partial charge in [-0.25, -0.2) is 0 Å². The smallest absolute Gasteiger partial charge is 0.162 e. The molecule has 0 radical (unpaired) electrons. The number of hydrogen-bond donors (Lipinski definition) is 2. The SMILES string of the molecule is OCc1cc(C2CN(CC(O)C3CCCCC3)C2)no1. The summed E-state index contributed by atoms with van der Waals surface area (Å²) in [7, 11) is 0. The van der Waals surface area contributed by atoms with Crippen molar-refractivity contribution in [3.05, 3.63) is 17.5 Å². The van der Waals surface area contributed by atoms with Crippen molar-refractivity contribution in [2.45, 2.75) is 50.7 Å². The van der Waals surface area contributed by atoms with Gasteiger partial charge in [0.15, 0.2) is 5.76 Å². The molecule has 1 aliphatic carbocycles. The Bertz CT molecular complexity index is 423. The molecule has 1 aliphatic heterocycles. The second-order valence-corrected chi connectivity index (χ2v) is 6.26. The summed E-state index contributed by atoms with van der Waals surface area (Å²) in [6, 6.07) is 1.83. The van der Waals surface area contributed by atoms with Crippen LogP contribution in [-0.2, 0) is 6.61 Å². The predicted molar refractivity (Wildman–Crippen MR) is 74.2 cm³/mol. The lowest BCUT2D eigenvalue weighted by Gasteiger charge is -2.40. The van der Waals surface area contributed by atoms with Crippen LogP contribution in [0.3, 0.4) is 0 Å². The lowest BCUT2D eigenvalue weighted by Crippen LogP contribution is -2.49. The van der Waals surface area contributed by atoms with Crippen molar-refractivity contribution in [1.29, 1.82) is 0 Å². The Morgan fingerprint density at radius 3 is 2.70 bits per heavy atom. The van der Waals surface area contributed by atoms with Gasteiger partial charge in [0.2, 0.25) is 0 Å². The maximum Gasteiger partial charge on any atom is 0.162 e. The fraction of sp³-hybridized carbons (Fsp3) is 0.800. The van der Waals surface area contributed by atoms with E-state index < -0.39 is 0 Å².